The fourth-order valence-electron chi connectivity index (χ4n) is 2.75. The van der Waals surface area contributed by atoms with Crippen molar-refractivity contribution in [2.24, 2.45) is 0 Å². The molecule has 0 N–H and O–H groups in total. The van der Waals surface area contributed by atoms with Gasteiger partial charge in [0.25, 0.3) is 0 Å². The molecule has 2 aromatic rings. The Labute approximate surface area is 151 Å². The monoisotopic (exact) mass is 362 g/mol. The van der Waals surface area contributed by atoms with Gasteiger partial charge in [0.15, 0.2) is 5.78 Å². The van der Waals surface area contributed by atoms with Crippen molar-refractivity contribution in [1.82, 2.24) is 20.2 Å². The molecule has 0 radical (unpaired) electrons. The van der Waals surface area contributed by atoms with Crippen LogP contribution >= 0.6 is 11.8 Å². The molecule has 8 heteroatoms. The fourth-order valence-corrected chi connectivity index (χ4v) is 3.61. The van der Waals surface area contributed by atoms with Crippen LogP contribution in [0, 0.1) is 0 Å². The number of thioether (sulfide) groups is 1. The Balaban J connectivity index is 1.71. The molecule has 1 atom stereocenters. The van der Waals surface area contributed by atoms with E-state index in [1.807, 2.05) is 19.1 Å². The largest absolute Gasteiger partial charge is 0.494 e. The van der Waals surface area contributed by atoms with Gasteiger partial charge in [-0.1, -0.05) is 11.8 Å². The molecule has 1 saturated heterocycles. The number of benzene rings is 1. The van der Waals surface area contributed by atoms with Crippen molar-refractivity contribution < 1.29 is 14.3 Å². The summed E-state index contributed by atoms with van der Waals surface area (Å²) < 4.78 is 13.1. The van der Waals surface area contributed by atoms with E-state index >= 15 is 0 Å². The summed E-state index contributed by atoms with van der Waals surface area (Å²) in [5.74, 6) is 1.46. The van der Waals surface area contributed by atoms with E-state index in [-0.39, 0.29) is 11.9 Å². The highest BCUT2D eigenvalue weighted by Gasteiger charge is 2.19. The smallest absolute Gasteiger partial charge is 0.209 e. The first-order valence-electron chi connectivity index (χ1n) is 8.44. The Morgan fingerprint density at radius 1 is 1.48 bits per heavy atom. The van der Waals surface area contributed by atoms with Crippen molar-refractivity contribution in [3.8, 4) is 5.75 Å². The minimum absolute atomic E-state index is 0.0394. The molecule has 1 aromatic heterocycles. The Morgan fingerprint density at radius 3 is 3.08 bits per heavy atom. The van der Waals surface area contributed by atoms with E-state index < -0.39 is 0 Å². The number of hydrogen-bond acceptors (Lipinski definition) is 7. The molecule has 0 bridgehead atoms. The standard InChI is InChI=1S/C17H22N4O3S/c1-3-23-16-7-6-13(12(2)22)9-14(16)11-25-17-18-19-20-21(17)10-15-5-4-8-24-15/h6-7,9,15H,3-5,8,10-11H2,1-2H3. The summed E-state index contributed by atoms with van der Waals surface area (Å²) in [6, 6.07) is 5.53. The number of carbonyl (C=O) groups excluding carboxylic acids is 1. The van der Waals surface area contributed by atoms with Gasteiger partial charge in [-0.2, -0.15) is 0 Å². The Morgan fingerprint density at radius 2 is 2.36 bits per heavy atom. The lowest BCUT2D eigenvalue weighted by molar-refractivity contribution is 0.0911. The van der Waals surface area contributed by atoms with E-state index in [4.69, 9.17) is 9.47 Å². The number of aromatic nitrogens is 4. The van der Waals surface area contributed by atoms with Gasteiger partial charge in [0.1, 0.15) is 5.75 Å². The third kappa shape index (κ3) is 4.58. The van der Waals surface area contributed by atoms with Crippen LogP contribution in [0.2, 0.25) is 0 Å². The van der Waals surface area contributed by atoms with Crippen LogP contribution in [0.15, 0.2) is 23.4 Å². The molecular weight excluding hydrogens is 340 g/mol. The van der Waals surface area contributed by atoms with Gasteiger partial charge in [0.05, 0.1) is 19.3 Å². The van der Waals surface area contributed by atoms with Gasteiger partial charge in [-0.25, -0.2) is 4.68 Å². The predicted octanol–water partition coefficient (Wildman–Crippen LogP) is 2.75. The Hall–Kier alpha value is -1.93. The molecule has 25 heavy (non-hydrogen) atoms. The lowest BCUT2D eigenvalue weighted by atomic mass is 10.1. The van der Waals surface area contributed by atoms with Crippen molar-refractivity contribution >= 4 is 17.5 Å². The third-order valence-corrected chi connectivity index (χ3v) is 5.03. The summed E-state index contributed by atoms with van der Waals surface area (Å²) in [7, 11) is 0. The van der Waals surface area contributed by atoms with Gasteiger partial charge in [-0.05, 0) is 55.3 Å². The van der Waals surface area contributed by atoms with Crippen LogP contribution < -0.4 is 4.74 Å². The molecule has 1 aliphatic rings. The second-order valence-corrected chi connectivity index (χ2v) is 6.82. The van der Waals surface area contributed by atoms with E-state index in [1.165, 1.54) is 11.8 Å². The number of rotatable bonds is 8. The van der Waals surface area contributed by atoms with Gasteiger partial charge >= 0.3 is 0 Å². The number of tetrazole rings is 1. The lowest BCUT2D eigenvalue weighted by Crippen LogP contribution is -2.16. The summed E-state index contributed by atoms with van der Waals surface area (Å²) in [4.78, 5) is 11.6. The topological polar surface area (TPSA) is 79.1 Å². The molecule has 0 saturated carbocycles. The molecule has 1 aliphatic heterocycles. The van der Waals surface area contributed by atoms with Crippen molar-refractivity contribution in [2.75, 3.05) is 13.2 Å². The maximum Gasteiger partial charge on any atom is 0.209 e. The summed E-state index contributed by atoms with van der Waals surface area (Å²) in [6.07, 6.45) is 2.31. The van der Waals surface area contributed by atoms with Gasteiger partial charge < -0.3 is 9.47 Å². The SMILES string of the molecule is CCOc1ccc(C(C)=O)cc1CSc1nnnn1CC1CCCO1. The molecule has 0 amide bonds. The highest BCUT2D eigenvalue weighted by Crippen LogP contribution is 2.28. The average molecular weight is 362 g/mol. The van der Waals surface area contributed by atoms with Crippen molar-refractivity contribution in [3.63, 3.8) is 0 Å². The molecule has 1 aromatic carbocycles. The molecule has 1 unspecified atom stereocenters. The normalized spacial score (nSPS) is 17.0. The van der Waals surface area contributed by atoms with Crippen molar-refractivity contribution in [2.45, 2.75) is 50.2 Å². The van der Waals surface area contributed by atoms with Crippen LogP contribution in [0.4, 0.5) is 0 Å². The van der Waals surface area contributed by atoms with E-state index in [9.17, 15) is 4.79 Å². The number of ether oxygens (including phenoxy) is 2. The van der Waals surface area contributed by atoms with Gasteiger partial charge in [0, 0.05) is 23.5 Å². The molecule has 3 rings (SSSR count). The lowest BCUT2D eigenvalue weighted by Gasteiger charge is -2.12. The first-order chi connectivity index (χ1) is 12.2. The quantitative estimate of drug-likeness (QED) is 0.528. The average Bonchev–Trinajstić information content (AvgIpc) is 3.26. The second kappa shape index (κ2) is 8.44. The Bertz CT molecular complexity index is 728. The third-order valence-electron chi connectivity index (χ3n) is 4.02. The zero-order valence-electron chi connectivity index (χ0n) is 14.5. The predicted molar refractivity (Wildman–Crippen MR) is 94.0 cm³/mol. The van der Waals surface area contributed by atoms with Crippen molar-refractivity contribution in [1.29, 1.82) is 0 Å². The van der Waals surface area contributed by atoms with Gasteiger partial charge in [-0.15, -0.1) is 5.10 Å². The zero-order valence-corrected chi connectivity index (χ0v) is 15.3. The number of ketones is 1. The number of nitrogens with zero attached hydrogens (tertiary/aromatic N) is 4. The summed E-state index contributed by atoms with van der Waals surface area (Å²) >= 11 is 1.53. The van der Waals surface area contributed by atoms with Gasteiger partial charge in [0.2, 0.25) is 5.16 Å². The number of carbonyl (C=O) groups is 1. The van der Waals surface area contributed by atoms with Crippen LogP contribution in [-0.2, 0) is 17.0 Å². The minimum Gasteiger partial charge on any atom is -0.494 e. The maximum atomic E-state index is 11.6. The summed E-state index contributed by atoms with van der Waals surface area (Å²) in [6.45, 7) is 5.56. The van der Waals surface area contributed by atoms with E-state index in [2.05, 4.69) is 15.5 Å². The maximum absolute atomic E-state index is 11.6. The molecule has 1 fully saturated rings. The first-order valence-corrected chi connectivity index (χ1v) is 9.43. The molecule has 0 spiro atoms. The highest BCUT2D eigenvalue weighted by atomic mass is 32.2. The van der Waals surface area contributed by atoms with E-state index in [0.29, 0.717) is 24.5 Å². The number of hydrogen-bond donors (Lipinski definition) is 0. The second-order valence-electron chi connectivity index (χ2n) is 5.88. The summed E-state index contributed by atoms with van der Waals surface area (Å²) in [5, 5.41) is 12.7. The summed E-state index contributed by atoms with van der Waals surface area (Å²) in [5.41, 5.74) is 1.64. The van der Waals surface area contributed by atoms with Gasteiger partial charge in [-0.3, -0.25) is 4.79 Å². The van der Waals surface area contributed by atoms with Crippen LogP contribution in [-0.4, -0.2) is 45.3 Å². The Kier molecular flexibility index (Phi) is 6.04. The zero-order chi connectivity index (χ0) is 17.6. The highest BCUT2D eigenvalue weighted by molar-refractivity contribution is 7.98. The molecule has 7 nitrogen and oxygen atoms in total. The molecule has 134 valence electrons. The molecular formula is C17H22N4O3S. The molecule has 0 aliphatic carbocycles. The van der Waals surface area contributed by atoms with Crippen molar-refractivity contribution in [3.05, 3.63) is 29.3 Å². The van der Waals surface area contributed by atoms with Crippen LogP contribution in [0.1, 0.15) is 42.6 Å². The van der Waals surface area contributed by atoms with Crippen LogP contribution in [0.25, 0.3) is 0 Å². The molecule has 2 heterocycles. The van der Waals surface area contributed by atoms with E-state index in [0.717, 1.165) is 35.9 Å². The minimum atomic E-state index is 0.0394. The van der Waals surface area contributed by atoms with E-state index in [1.54, 1.807) is 17.7 Å². The number of Topliss-reactive ketones (excluding diaryl/α,β-unsaturated/α-hetero) is 1. The first kappa shape index (κ1) is 17.9. The van der Waals surface area contributed by atoms with Crippen LogP contribution in [0.3, 0.4) is 0 Å². The van der Waals surface area contributed by atoms with Crippen LogP contribution in [0.5, 0.6) is 5.75 Å². The fraction of sp³-hybridized carbons (Fsp3) is 0.529.